The van der Waals surface area contributed by atoms with Gasteiger partial charge in [-0.3, -0.25) is 0 Å². The maximum atomic E-state index is 6.06. The molecule has 1 aromatic heterocycles. The molecule has 2 aromatic carbocycles. The number of fused-ring (bicyclic) bond motifs is 3. The molecule has 0 saturated carbocycles. The summed E-state index contributed by atoms with van der Waals surface area (Å²) in [4.78, 5) is 0. The van der Waals surface area contributed by atoms with Gasteiger partial charge in [0, 0.05) is 21.2 Å². The normalized spacial score (nSPS) is 10.6. The molecule has 0 bridgehead atoms. The van der Waals surface area contributed by atoms with Crippen molar-refractivity contribution >= 4 is 50.3 Å². The second-order valence-corrected chi connectivity index (χ2v) is 4.69. The van der Waals surface area contributed by atoms with Crippen LogP contribution in [-0.2, 0) is 0 Å². The van der Waals surface area contributed by atoms with Crippen LogP contribution in [0.2, 0.25) is 0 Å². The van der Waals surface area contributed by atoms with Crippen LogP contribution < -0.4 is 5.73 Å². The van der Waals surface area contributed by atoms with Crippen molar-refractivity contribution in [2.45, 2.75) is 6.92 Å². The summed E-state index contributed by atoms with van der Waals surface area (Å²) >= 11 is 1.80. The van der Waals surface area contributed by atoms with Gasteiger partial charge in [0.25, 0.3) is 0 Å². The largest absolute Gasteiger partial charge is 0.398 e. The number of halogens is 1. The Morgan fingerprint density at radius 2 is 1.75 bits per heavy atom. The molecule has 3 rings (SSSR count). The van der Waals surface area contributed by atoms with E-state index in [-0.39, 0.29) is 12.4 Å². The number of rotatable bonds is 0. The van der Waals surface area contributed by atoms with E-state index >= 15 is 0 Å². The average Bonchev–Trinajstić information content (AvgIpc) is 2.62. The van der Waals surface area contributed by atoms with Gasteiger partial charge < -0.3 is 5.73 Å². The second-order valence-electron chi connectivity index (χ2n) is 3.81. The van der Waals surface area contributed by atoms with Gasteiger partial charge in [0.05, 0.1) is 0 Å². The van der Waals surface area contributed by atoms with Gasteiger partial charge >= 0.3 is 0 Å². The fourth-order valence-corrected chi connectivity index (χ4v) is 3.08. The first-order chi connectivity index (χ1) is 7.27. The highest BCUT2D eigenvalue weighted by Crippen LogP contribution is 2.35. The van der Waals surface area contributed by atoms with Crippen LogP contribution in [-0.4, -0.2) is 0 Å². The number of hydrogen-bond acceptors (Lipinski definition) is 2. The van der Waals surface area contributed by atoms with Crippen molar-refractivity contribution in [1.29, 1.82) is 0 Å². The molecule has 0 atom stereocenters. The minimum Gasteiger partial charge on any atom is -0.398 e. The molecule has 0 fully saturated rings. The molecule has 0 aliphatic rings. The molecule has 1 heterocycles. The zero-order chi connectivity index (χ0) is 10.4. The number of nitrogens with two attached hydrogens (primary N) is 1. The van der Waals surface area contributed by atoms with Crippen LogP contribution in [0.5, 0.6) is 0 Å². The van der Waals surface area contributed by atoms with Crippen LogP contribution in [0, 0.1) is 6.92 Å². The molecule has 2 N–H and O–H groups in total. The summed E-state index contributed by atoms with van der Waals surface area (Å²) in [6, 6.07) is 10.4. The highest BCUT2D eigenvalue weighted by molar-refractivity contribution is 7.18. The van der Waals surface area contributed by atoms with Crippen LogP contribution in [0.25, 0.3) is 20.9 Å². The first-order valence-electron chi connectivity index (χ1n) is 4.92. The predicted molar refractivity (Wildman–Crippen MR) is 75.7 cm³/mol. The minimum atomic E-state index is 0. The Balaban J connectivity index is 0.000000963. The van der Waals surface area contributed by atoms with E-state index in [0.29, 0.717) is 0 Å². The molecule has 16 heavy (non-hydrogen) atoms. The first kappa shape index (κ1) is 11.2. The average molecular weight is 250 g/mol. The van der Waals surface area contributed by atoms with E-state index in [4.69, 9.17) is 5.73 Å². The minimum absolute atomic E-state index is 0. The third-order valence-electron chi connectivity index (χ3n) is 2.81. The van der Waals surface area contributed by atoms with E-state index in [0.717, 1.165) is 11.1 Å². The van der Waals surface area contributed by atoms with Gasteiger partial charge in [-0.1, -0.05) is 24.3 Å². The van der Waals surface area contributed by atoms with E-state index in [2.05, 4.69) is 36.6 Å². The summed E-state index contributed by atoms with van der Waals surface area (Å²) in [5.74, 6) is 0. The van der Waals surface area contributed by atoms with Crippen molar-refractivity contribution in [1.82, 2.24) is 0 Å². The van der Waals surface area contributed by atoms with E-state index in [1.165, 1.54) is 21.0 Å². The predicted octanol–water partition coefficient (Wildman–Crippen LogP) is 4.37. The van der Waals surface area contributed by atoms with Gasteiger partial charge in [-0.2, -0.15) is 0 Å². The molecule has 0 amide bonds. The summed E-state index contributed by atoms with van der Waals surface area (Å²) in [7, 11) is 0. The first-order valence-corrected chi connectivity index (χ1v) is 5.80. The smallest absolute Gasteiger partial charge is 0.0425 e. The Morgan fingerprint density at radius 3 is 2.50 bits per heavy atom. The summed E-state index contributed by atoms with van der Waals surface area (Å²) < 4.78 is 1.34. The van der Waals surface area contributed by atoms with Crippen molar-refractivity contribution in [3.8, 4) is 0 Å². The number of anilines is 1. The molecule has 0 aliphatic carbocycles. The quantitative estimate of drug-likeness (QED) is 0.589. The topological polar surface area (TPSA) is 26.0 Å². The van der Waals surface area contributed by atoms with Crippen LogP contribution in [0.1, 0.15) is 5.56 Å². The summed E-state index contributed by atoms with van der Waals surface area (Å²) in [6.45, 7) is 2.13. The van der Waals surface area contributed by atoms with Crippen molar-refractivity contribution < 1.29 is 0 Å². The molecular formula is C13H12ClNS. The third-order valence-corrected chi connectivity index (χ3v) is 3.95. The fraction of sp³-hybridized carbons (Fsp3) is 0.0769. The van der Waals surface area contributed by atoms with Gasteiger partial charge in [0.1, 0.15) is 0 Å². The van der Waals surface area contributed by atoms with Gasteiger partial charge in [0.2, 0.25) is 0 Å². The maximum Gasteiger partial charge on any atom is 0.0425 e. The number of thiophene rings is 1. The van der Waals surface area contributed by atoms with Gasteiger partial charge in [-0.05, 0) is 29.3 Å². The number of aryl methyl sites for hydroxylation is 1. The lowest BCUT2D eigenvalue weighted by molar-refractivity contribution is 1.60. The van der Waals surface area contributed by atoms with Crippen LogP contribution in [0.4, 0.5) is 5.69 Å². The lowest BCUT2D eigenvalue weighted by atomic mass is 10.1. The van der Waals surface area contributed by atoms with E-state index < -0.39 is 0 Å². The van der Waals surface area contributed by atoms with E-state index in [1.807, 2.05) is 6.07 Å². The van der Waals surface area contributed by atoms with Gasteiger partial charge in [-0.25, -0.2) is 0 Å². The molecule has 3 aromatic rings. The Bertz CT molecular complexity index is 657. The standard InChI is InChI=1S/C13H11NS.ClH/c1-8-7-15-13-10-5-3-2-4-9(10)12(14)6-11(8)13;/h2-7H,14H2,1H3;1H. The molecule has 1 nitrogen and oxygen atoms in total. The van der Waals surface area contributed by atoms with Crippen molar-refractivity contribution in [3.05, 3.63) is 41.3 Å². The highest BCUT2D eigenvalue weighted by atomic mass is 35.5. The van der Waals surface area contributed by atoms with Crippen molar-refractivity contribution in [2.75, 3.05) is 5.73 Å². The maximum absolute atomic E-state index is 6.06. The monoisotopic (exact) mass is 249 g/mol. The van der Waals surface area contributed by atoms with Crippen LogP contribution in [0.15, 0.2) is 35.7 Å². The van der Waals surface area contributed by atoms with Crippen LogP contribution in [0.3, 0.4) is 0 Å². The summed E-state index contributed by atoms with van der Waals surface area (Å²) in [5, 5.41) is 5.91. The molecule has 0 spiro atoms. The Labute approximate surface area is 104 Å². The number of benzene rings is 2. The lowest BCUT2D eigenvalue weighted by Gasteiger charge is -2.03. The summed E-state index contributed by atoms with van der Waals surface area (Å²) in [5.41, 5.74) is 8.24. The molecule has 82 valence electrons. The zero-order valence-electron chi connectivity index (χ0n) is 8.86. The number of hydrogen-bond donors (Lipinski definition) is 1. The van der Waals surface area contributed by atoms with Crippen LogP contribution >= 0.6 is 23.7 Å². The second kappa shape index (κ2) is 3.96. The molecule has 0 radical (unpaired) electrons. The SMILES string of the molecule is Cc1csc2c1cc(N)c1ccccc12.Cl. The van der Waals surface area contributed by atoms with Gasteiger partial charge in [0.15, 0.2) is 0 Å². The van der Waals surface area contributed by atoms with E-state index in [1.54, 1.807) is 11.3 Å². The zero-order valence-corrected chi connectivity index (χ0v) is 10.5. The lowest BCUT2D eigenvalue weighted by Crippen LogP contribution is -1.86. The van der Waals surface area contributed by atoms with E-state index in [9.17, 15) is 0 Å². The molecule has 0 unspecified atom stereocenters. The number of nitrogen functional groups attached to an aromatic ring is 1. The molecule has 0 aliphatic heterocycles. The fourth-order valence-electron chi connectivity index (χ4n) is 2.01. The molecule has 0 saturated heterocycles. The van der Waals surface area contributed by atoms with Crippen molar-refractivity contribution in [2.24, 2.45) is 0 Å². The Hall–Kier alpha value is -1.25. The molecule has 3 heteroatoms. The highest BCUT2D eigenvalue weighted by Gasteiger charge is 2.06. The third kappa shape index (κ3) is 1.46. The molecular weight excluding hydrogens is 238 g/mol. The Kier molecular flexibility index (Phi) is 2.78. The van der Waals surface area contributed by atoms with Crippen molar-refractivity contribution in [3.63, 3.8) is 0 Å². The Morgan fingerprint density at radius 1 is 1.06 bits per heavy atom. The summed E-state index contributed by atoms with van der Waals surface area (Å²) in [6.07, 6.45) is 0. The van der Waals surface area contributed by atoms with Gasteiger partial charge in [-0.15, -0.1) is 23.7 Å².